The second kappa shape index (κ2) is 7.80. The van der Waals surface area contributed by atoms with Crippen molar-refractivity contribution in [3.05, 3.63) is 87.8 Å². The van der Waals surface area contributed by atoms with E-state index in [9.17, 15) is 9.59 Å². The third-order valence-corrected chi connectivity index (χ3v) is 7.61. The molecule has 1 heterocycles. The van der Waals surface area contributed by atoms with E-state index < -0.39 is 0 Å². The average Bonchev–Trinajstić information content (AvgIpc) is 2.72. The van der Waals surface area contributed by atoms with Crippen molar-refractivity contribution in [1.29, 1.82) is 0 Å². The molecule has 0 bridgehead atoms. The highest BCUT2D eigenvalue weighted by atomic mass is 16.1. The standard InChI is InChI=1S/C31H35NO2/c1-19-7-11-21(12-8-19)27-28-23(15-30(3,4)17-25(28)33)32(22-13-9-20(2)10-14-22)24-16-31(5,6)18-26(34)29(24)27/h7-14,27H,15-18H2,1-6H3. The van der Waals surface area contributed by atoms with E-state index in [-0.39, 0.29) is 28.3 Å². The number of rotatable bonds is 2. The summed E-state index contributed by atoms with van der Waals surface area (Å²) in [5, 5.41) is 0. The second-order valence-corrected chi connectivity index (χ2v) is 12.1. The van der Waals surface area contributed by atoms with Gasteiger partial charge >= 0.3 is 0 Å². The Kier molecular flexibility index (Phi) is 5.24. The maximum absolute atomic E-state index is 13.8. The summed E-state index contributed by atoms with van der Waals surface area (Å²) in [5.41, 5.74) is 8.05. The van der Waals surface area contributed by atoms with Gasteiger partial charge in [0.05, 0.1) is 0 Å². The van der Waals surface area contributed by atoms with Crippen molar-refractivity contribution in [2.45, 2.75) is 73.1 Å². The van der Waals surface area contributed by atoms with Gasteiger partial charge in [0, 0.05) is 47.0 Å². The van der Waals surface area contributed by atoms with Crippen molar-refractivity contribution in [1.82, 2.24) is 0 Å². The number of carbonyl (C=O) groups is 2. The third kappa shape index (κ3) is 3.85. The number of hydrogen-bond donors (Lipinski definition) is 0. The molecule has 0 spiro atoms. The normalized spacial score (nSPS) is 22.1. The van der Waals surface area contributed by atoms with Crippen molar-refractivity contribution in [3.63, 3.8) is 0 Å². The topological polar surface area (TPSA) is 37.4 Å². The monoisotopic (exact) mass is 453 g/mol. The summed E-state index contributed by atoms with van der Waals surface area (Å²) < 4.78 is 0. The number of anilines is 1. The van der Waals surface area contributed by atoms with Gasteiger partial charge in [-0.15, -0.1) is 0 Å². The van der Waals surface area contributed by atoms with E-state index in [1.807, 2.05) is 0 Å². The molecule has 1 aliphatic heterocycles. The molecule has 0 atom stereocenters. The van der Waals surface area contributed by atoms with Crippen molar-refractivity contribution in [2.75, 3.05) is 4.90 Å². The highest BCUT2D eigenvalue weighted by Crippen LogP contribution is 2.55. The molecular weight excluding hydrogens is 418 g/mol. The van der Waals surface area contributed by atoms with Crippen LogP contribution in [0.2, 0.25) is 0 Å². The highest BCUT2D eigenvalue weighted by Gasteiger charge is 2.49. The molecule has 3 nitrogen and oxygen atoms in total. The Labute approximate surface area is 203 Å². The zero-order chi connectivity index (χ0) is 24.4. The number of Topliss-reactive ketones (excluding diaryl/α,β-unsaturated/α-hetero) is 2. The minimum absolute atomic E-state index is 0.122. The van der Waals surface area contributed by atoms with Crippen LogP contribution in [-0.4, -0.2) is 11.6 Å². The van der Waals surface area contributed by atoms with Crippen LogP contribution in [-0.2, 0) is 9.59 Å². The van der Waals surface area contributed by atoms with Crippen LogP contribution in [0.25, 0.3) is 0 Å². The molecule has 0 N–H and O–H groups in total. The molecular formula is C31H35NO2. The van der Waals surface area contributed by atoms with Gasteiger partial charge < -0.3 is 4.90 Å². The quantitative estimate of drug-likeness (QED) is 0.483. The zero-order valence-electron chi connectivity index (χ0n) is 21.3. The molecule has 176 valence electrons. The number of allylic oxidation sites excluding steroid dienone is 4. The summed E-state index contributed by atoms with van der Waals surface area (Å²) in [7, 11) is 0. The summed E-state index contributed by atoms with van der Waals surface area (Å²) in [6, 6.07) is 16.9. The summed E-state index contributed by atoms with van der Waals surface area (Å²) in [5.74, 6) is 0.0794. The summed E-state index contributed by atoms with van der Waals surface area (Å²) in [6.07, 6.45) is 2.65. The summed E-state index contributed by atoms with van der Waals surface area (Å²) in [6.45, 7) is 12.9. The molecule has 34 heavy (non-hydrogen) atoms. The first-order chi connectivity index (χ1) is 16.0. The Morgan fingerprint density at radius 1 is 0.647 bits per heavy atom. The average molecular weight is 454 g/mol. The van der Waals surface area contributed by atoms with Crippen molar-refractivity contribution in [2.24, 2.45) is 10.8 Å². The molecule has 0 saturated carbocycles. The van der Waals surface area contributed by atoms with Crippen molar-refractivity contribution in [3.8, 4) is 0 Å². The molecule has 5 rings (SSSR count). The van der Waals surface area contributed by atoms with Crippen LogP contribution in [0.5, 0.6) is 0 Å². The van der Waals surface area contributed by atoms with E-state index in [4.69, 9.17) is 0 Å². The van der Waals surface area contributed by atoms with E-state index in [0.717, 1.165) is 46.6 Å². The largest absolute Gasteiger partial charge is 0.317 e. The number of ketones is 2. The van der Waals surface area contributed by atoms with Crippen LogP contribution >= 0.6 is 0 Å². The Balaban J connectivity index is 1.82. The molecule has 0 aromatic heterocycles. The molecule has 0 amide bonds. The van der Waals surface area contributed by atoms with E-state index in [0.29, 0.717) is 12.8 Å². The van der Waals surface area contributed by atoms with Gasteiger partial charge in [0.25, 0.3) is 0 Å². The van der Waals surface area contributed by atoms with Gasteiger partial charge in [-0.25, -0.2) is 0 Å². The minimum atomic E-state index is -0.278. The van der Waals surface area contributed by atoms with Crippen LogP contribution in [0.15, 0.2) is 71.1 Å². The van der Waals surface area contributed by atoms with Crippen LogP contribution in [0.4, 0.5) is 5.69 Å². The molecule has 3 aliphatic rings. The van der Waals surface area contributed by atoms with E-state index in [1.165, 1.54) is 11.1 Å². The van der Waals surface area contributed by atoms with Gasteiger partial charge in [0.1, 0.15) is 0 Å². The lowest BCUT2D eigenvalue weighted by Crippen LogP contribution is -2.44. The molecule has 0 radical (unpaired) electrons. The zero-order valence-corrected chi connectivity index (χ0v) is 21.3. The second-order valence-electron chi connectivity index (χ2n) is 12.1. The van der Waals surface area contributed by atoms with Crippen LogP contribution < -0.4 is 4.90 Å². The van der Waals surface area contributed by atoms with E-state index in [1.54, 1.807) is 0 Å². The molecule has 2 aromatic carbocycles. The molecule has 2 aliphatic carbocycles. The lowest BCUT2D eigenvalue weighted by Gasteiger charge is -2.49. The minimum Gasteiger partial charge on any atom is -0.317 e. The number of benzene rings is 2. The molecule has 2 aromatic rings. The summed E-state index contributed by atoms with van der Waals surface area (Å²) in [4.78, 5) is 29.9. The fourth-order valence-electron chi connectivity index (χ4n) is 6.06. The SMILES string of the molecule is Cc1ccc(C2C3=C(CC(C)(C)CC3=O)N(c3ccc(C)cc3)C3=C2C(=O)CC(C)(C)C3)cc1. The Hall–Kier alpha value is -2.94. The fourth-order valence-corrected chi connectivity index (χ4v) is 6.06. The van der Waals surface area contributed by atoms with Crippen molar-refractivity contribution >= 4 is 17.3 Å². The fraction of sp³-hybridized carbons (Fsp3) is 0.419. The predicted molar refractivity (Wildman–Crippen MR) is 138 cm³/mol. The van der Waals surface area contributed by atoms with Crippen molar-refractivity contribution < 1.29 is 9.59 Å². The first-order valence-corrected chi connectivity index (χ1v) is 12.4. The maximum Gasteiger partial charge on any atom is 0.162 e. The molecule has 3 heteroatoms. The lowest BCUT2D eigenvalue weighted by atomic mass is 9.63. The van der Waals surface area contributed by atoms with Gasteiger partial charge in [-0.1, -0.05) is 75.2 Å². The number of hydrogen-bond acceptors (Lipinski definition) is 3. The Bertz CT molecular complexity index is 1190. The first kappa shape index (κ1) is 22.8. The molecule has 0 unspecified atom stereocenters. The third-order valence-electron chi connectivity index (χ3n) is 7.61. The van der Waals surface area contributed by atoms with Crippen LogP contribution in [0, 0.1) is 24.7 Å². The van der Waals surface area contributed by atoms with E-state index in [2.05, 4.69) is 95.0 Å². The lowest BCUT2D eigenvalue weighted by molar-refractivity contribution is -0.119. The first-order valence-electron chi connectivity index (χ1n) is 12.4. The van der Waals surface area contributed by atoms with E-state index >= 15 is 0 Å². The Morgan fingerprint density at radius 2 is 1.06 bits per heavy atom. The number of aryl methyl sites for hydroxylation is 2. The van der Waals surface area contributed by atoms with Gasteiger partial charge in [0.2, 0.25) is 0 Å². The van der Waals surface area contributed by atoms with Crippen LogP contribution in [0.1, 0.15) is 76.0 Å². The number of carbonyl (C=O) groups excluding carboxylic acids is 2. The van der Waals surface area contributed by atoms with Crippen LogP contribution in [0.3, 0.4) is 0 Å². The predicted octanol–water partition coefficient (Wildman–Crippen LogP) is 7.19. The smallest absolute Gasteiger partial charge is 0.162 e. The van der Waals surface area contributed by atoms with Gasteiger partial charge in [-0.3, -0.25) is 9.59 Å². The van der Waals surface area contributed by atoms with Gasteiger partial charge in [0.15, 0.2) is 11.6 Å². The highest BCUT2D eigenvalue weighted by molar-refractivity contribution is 6.08. The Morgan fingerprint density at radius 3 is 1.50 bits per heavy atom. The maximum atomic E-state index is 13.8. The number of nitrogens with zero attached hydrogens (tertiary/aromatic N) is 1. The van der Waals surface area contributed by atoms with Gasteiger partial charge in [-0.2, -0.15) is 0 Å². The molecule has 0 saturated heterocycles. The van der Waals surface area contributed by atoms with Gasteiger partial charge in [-0.05, 0) is 55.2 Å². The summed E-state index contributed by atoms with van der Waals surface area (Å²) >= 11 is 0. The molecule has 0 fully saturated rings.